The molecule has 0 unspecified atom stereocenters. The minimum atomic E-state index is 0.195. The van der Waals surface area contributed by atoms with Crippen LogP contribution in [0, 0.1) is 0 Å². The molecular formula is C24H27N3O2. The number of nitrogens with zero attached hydrogens (tertiary/aromatic N) is 2. The molecule has 0 saturated heterocycles. The average molecular weight is 389 g/mol. The zero-order chi connectivity index (χ0) is 20.1. The van der Waals surface area contributed by atoms with Crippen LogP contribution in [0.15, 0.2) is 67.0 Å². The number of nitrogen functional groups attached to an aromatic ring is 1. The number of hydrogen-bond donors (Lipinski definition) is 1. The molecule has 0 atom stereocenters. The van der Waals surface area contributed by atoms with Gasteiger partial charge in [-0.1, -0.05) is 24.3 Å². The molecule has 4 rings (SSSR count). The van der Waals surface area contributed by atoms with Gasteiger partial charge in [0.25, 0.3) is 0 Å². The smallest absolute Gasteiger partial charge is 0.187 e. The Bertz CT molecular complexity index is 926. The molecule has 1 aliphatic rings. The van der Waals surface area contributed by atoms with Crippen molar-refractivity contribution in [1.82, 2.24) is 4.98 Å². The van der Waals surface area contributed by atoms with Crippen LogP contribution in [0.3, 0.4) is 0 Å². The Kier molecular flexibility index (Phi) is 5.84. The quantitative estimate of drug-likeness (QED) is 0.553. The van der Waals surface area contributed by atoms with E-state index in [1.165, 1.54) is 12.8 Å². The Morgan fingerprint density at radius 3 is 2.48 bits per heavy atom. The maximum Gasteiger partial charge on any atom is 0.187 e. The molecule has 2 aromatic carbocycles. The first-order valence-electron chi connectivity index (χ1n) is 10.1. The lowest BCUT2D eigenvalue weighted by Crippen LogP contribution is -2.20. The van der Waals surface area contributed by atoms with Crippen molar-refractivity contribution >= 4 is 17.1 Å². The fourth-order valence-electron chi connectivity index (χ4n) is 3.88. The van der Waals surface area contributed by atoms with Crippen molar-refractivity contribution in [1.29, 1.82) is 0 Å². The van der Waals surface area contributed by atoms with E-state index in [-0.39, 0.29) is 6.10 Å². The third-order valence-corrected chi connectivity index (χ3v) is 5.33. The number of anilines is 3. The van der Waals surface area contributed by atoms with E-state index in [9.17, 15) is 0 Å². The summed E-state index contributed by atoms with van der Waals surface area (Å²) in [5, 5.41) is 0. The highest BCUT2D eigenvalue weighted by molar-refractivity contribution is 5.78. The predicted molar refractivity (Wildman–Crippen MR) is 117 cm³/mol. The molecule has 0 aliphatic heterocycles. The first-order chi connectivity index (χ1) is 14.3. The van der Waals surface area contributed by atoms with Crippen molar-refractivity contribution in [3.05, 3.63) is 72.6 Å². The van der Waals surface area contributed by atoms with Crippen LogP contribution in [0.1, 0.15) is 31.2 Å². The average Bonchev–Trinajstić information content (AvgIpc) is 3.27. The summed E-state index contributed by atoms with van der Waals surface area (Å²) in [6.45, 7) is 0.659. The van der Waals surface area contributed by atoms with E-state index in [0.29, 0.717) is 23.7 Å². The molecule has 1 fully saturated rings. The van der Waals surface area contributed by atoms with Gasteiger partial charge >= 0.3 is 0 Å². The number of rotatable bonds is 7. The van der Waals surface area contributed by atoms with Crippen molar-refractivity contribution in [2.75, 3.05) is 17.7 Å². The van der Waals surface area contributed by atoms with Crippen LogP contribution in [0.5, 0.6) is 11.5 Å². The number of benzene rings is 2. The van der Waals surface area contributed by atoms with E-state index in [0.717, 1.165) is 29.8 Å². The number of methoxy groups -OCH3 is 1. The molecular weight excluding hydrogens is 362 g/mol. The summed E-state index contributed by atoms with van der Waals surface area (Å²) in [5.74, 6) is 1.31. The number of ether oxygens (including phenoxy) is 2. The van der Waals surface area contributed by atoms with Crippen molar-refractivity contribution < 1.29 is 9.47 Å². The van der Waals surface area contributed by atoms with Gasteiger partial charge in [-0.2, -0.15) is 0 Å². The van der Waals surface area contributed by atoms with Crippen molar-refractivity contribution in [2.24, 2.45) is 0 Å². The lowest BCUT2D eigenvalue weighted by Gasteiger charge is -2.29. The SMILES string of the molecule is COc1c(N)ccc(N(Cc2cccnc2)c2ccccc2)c1OC1CCCC1. The van der Waals surface area contributed by atoms with Crippen LogP contribution < -0.4 is 20.1 Å². The molecule has 29 heavy (non-hydrogen) atoms. The third-order valence-electron chi connectivity index (χ3n) is 5.33. The number of nitrogens with two attached hydrogens (primary N) is 1. The molecule has 0 spiro atoms. The Morgan fingerprint density at radius 1 is 1.00 bits per heavy atom. The topological polar surface area (TPSA) is 60.6 Å². The Labute approximate surface area is 172 Å². The molecule has 1 saturated carbocycles. The van der Waals surface area contributed by atoms with Gasteiger partial charge < -0.3 is 20.1 Å². The fraction of sp³-hybridized carbons (Fsp3) is 0.292. The second-order valence-corrected chi connectivity index (χ2v) is 7.34. The highest BCUT2D eigenvalue weighted by atomic mass is 16.5. The maximum atomic E-state index is 6.49. The second-order valence-electron chi connectivity index (χ2n) is 7.34. The van der Waals surface area contributed by atoms with Crippen molar-refractivity contribution in [3.8, 4) is 11.5 Å². The third kappa shape index (κ3) is 4.29. The van der Waals surface area contributed by atoms with Crippen LogP contribution >= 0.6 is 0 Å². The maximum absolute atomic E-state index is 6.49. The molecule has 150 valence electrons. The van der Waals surface area contributed by atoms with E-state index >= 15 is 0 Å². The standard InChI is InChI=1S/C24H27N3O2/c1-28-23-21(25)13-14-22(24(23)29-20-11-5-6-12-20)27(19-9-3-2-4-10-19)17-18-8-7-15-26-16-18/h2-4,7-10,13-16,20H,5-6,11-12,17,25H2,1H3. The summed E-state index contributed by atoms with van der Waals surface area (Å²) >= 11 is 0. The first kappa shape index (κ1) is 19.1. The monoisotopic (exact) mass is 389 g/mol. The summed E-state index contributed by atoms with van der Waals surface area (Å²) in [7, 11) is 1.64. The lowest BCUT2D eigenvalue weighted by atomic mass is 10.1. The molecule has 5 nitrogen and oxygen atoms in total. The number of hydrogen-bond acceptors (Lipinski definition) is 5. The summed E-state index contributed by atoms with van der Waals surface area (Å²) < 4.78 is 12.2. The molecule has 3 aromatic rings. The van der Waals surface area contributed by atoms with Gasteiger partial charge in [-0.3, -0.25) is 4.98 Å². The van der Waals surface area contributed by atoms with E-state index in [1.807, 2.05) is 42.6 Å². The first-order valence-corrected chi connectivity index (χ1v) is 10.1. The minimum Gasteiger partial charge on any atom is -0.491 e. The van der Waals surface area contributed by atoms with Gasteiger partial charge in [0.2, 0.25) is 0 Å². The molecule has 0 amide bonds. The number of pyridine rings is 1. The van der Waals surface area contributed by atoms with Crippen molar-refractivity contribution in [2.45, 2.75) is 38.3 Å². The van der Waals surface area contributed by atoms with Gasteiger partial charge in [0, 0.05) is 24.6 Å². The zero-order valence-corrected chi connectivity index (χ0v) is 16.8. The van der Waals surface area contributed by atoms with Gasteiger partial charge in [-0.25, -0.2) is 0 Å². The summed E-state index contributed by atoms with van der Waals surface area (Å²) in [5.41, 5.74) is 9.94. The highest BCUT2D eigenvalue weighted by Crippen LogP contribution is 2.46. The van der Waals surface area contributed by atoms with E-state index < -0.39 is 0 Å². The Morgan fingerprint density at radius 2 is 1.79 bits per heavy atom. The highest BCUT2D eigenvalue weighted by Gasteiger charge is 2.25. The van der Waals surface area contributed by atoms with Crippen LogP contribution in [0.2, 0.25) is 0 Å². The predicted octanol–water partition coefficient (Wildman–Crippen LogP) is 5.33. The normalized spacial score (nSPS) is 14.0. The van der Waals surface area contributed by atoms with E-state index in [1.54, 1.807) is 13.3 Å². The van der Waals surface area contributed by atoms with Crippen LogP contribution in [-0.4, -0.2) is 18.2 Å². The summed E-state index contributed by atoms with van der Waals surface area (Å²) in [6.07, 6.45) is 8.39. The van der Waals surface area contributed by atoms with Crippen LogP contribution in [0.25, 0.3) is 0 Å². The van der Waals surface area contributed by atoms with Gasteiger partial charge in [-0.05, 0) is 61.6 Å². The fourth-order valence-corrected chi connectivity index (χ4v) is 3.88. The second kappa shape index (κ2) is 8.86. The van der Waals surface area contributed by atoms with Gasteiger partial charge in [-0.15, -0.1) is 0 Å². The molecule has 1 heterocycles. The van der Waals surface area contributed by atoms with E-state index in [4.69, 9.17) is 15.2 Å². The Balaban J connectivity index is 1.80. The van der Waals surface area contributed by atoms with Crippen LogP contribution in [0.4, 0.5) is 17.1 Å². The van der Waals surface area contributed by atoms with Gasteiger partial charge in [0.05, 0.1) is 24.6 Å². The van der Waals surface area contributed by atoms with Gasteiger partial charge in [0.15, 0.2) is 11.5 Å². The largest absolute Gasteiger partial charge is 0.491 e. The molecule has 2 N–H and O–H groups in total. The molecule has 1 aromatic heterocycles. The molecule has 0 radical (unpaired) electrons. The molecule has 5 heteroatoms. The van der Waals surface area contributed by atoms with Crippen LogP contribution in [-0.2, 0) is 6.54 Å². The van der Waals surface area contributed by atoms with Gasteiger partial charge in [0.1, 0.15) is 0 Å². The van der Waals surface area contributed by atoms with Crippen molar-refractivity contribution in [3.63, 3.8) is 0 Å². The minimum absolute atomic E-state index is 0.195. The molecule has 0 bridgehead atoms. The van der Waals surface area contributed by atoms with E-state index in [2.05, 4.69) is 28.1 Å². The molecule has 1 aliphatic carbocycles. The zero-order valence-electron chi connectivity index (χ0n) is 16.8. The lowest BCUT2D eigenvalue weighted by molar-refractivity contribution is 0.202. The Hall–Kier alpha value is -3.21. The summed E-state index contributed by atoms with van der Waals surface area (Å²) in [6, 6.07) is 18.2. The number of para-hydroxylation sites is 1. The summed E-state index contributed by atoms with van der Waals surface area (Å²) in [4.78, 5) is 6.50. The number of aromatic nitrogens is 1.